The molecule has 1 N–H and O–H groups in total. The SMILES string of the molecule is CC(C)N1CCCC[C@H]1C(=O)NC[C@@H]1CCN(c2ccc(F)c(F)c2)C1. The predicted octanol–water partition coefficient (Wildman–Crippen LogP) is 3.17. The van der Waals surface area contributed by atoms with Crippen molar-refractivity contribution in [3.8, 4) is 0 Å². The number of piperidine rings is 1. The van der Waals surface area contributed by atoms with Gasteiger partial charge in [-0.3, -0.25) is 9.69 Å². The van der Waals surface area contributed by atoms with Crippen molar-refractivity contribution in [2.45, 2.75) is 51.6 Å². The molecule has 26 heavy (non-hydrogen) atoms. The number of carbonyl (C=O) groups excluding carboxylic acids is 1. The van der Waals surface area contributed by atoms with Gasteiger partial charge in [0.2, 0.25) is 5.91 Å². The van der Waals surface area contributed by atoms with Gasteiger partial charge in [-0.25, -0.2) is 8.78 Å². The van der Waals surface area contributed by atoms with Crippen molar-refractivity contribution in [3.05, 3.63) is 29.8 Å². The summed E-state index contributed by atoms with van der Waals surface area (Å²) in [6.07, 6.45) is 4.13. The molecule has 0 bridgehead atoms. The lowest BCUT2D eigenvalue weighted by Crippen LogP contribution is -2.52. The van der Waals surface area contributed by atoms with E-state index in [4.69, 9.17) is 0 Å². The number of likely N-dealkylation sites (tertiary alicyclic amines) is 1. The van der Waals surface area contributed by atoms with Gasteiger partial charge < -0.3 is 10.2 Å². The number of anilines is 1. The fraction of sp³-hybridized carbons (Fsp3) is 0.650. The molecule has 0 saturated carbocycles. The van der Waals surface area contributed by atoms with E-state index < -0.39 is 11.6 Å². The van der Waals surface area contributed by atoms with E-state index in [1.54, 1.807) is 6.07 Å². The Morgan fingerprint density at radius 1 is 1.19 bits per heavy atom. The Morgan fingerprint density at radius 2 is 2.00 bits per heavy atom. The Kier molecular flexibility index (Phi) is 6.12. The van der Waals surface area contributed by atoms with E-state index in [0.29, 0.717) is 24.2 Å². The Bertz CT molecular complexity index is 637. The summed E-state index contributed by atoms with van der Waals surface area (Å²) in [5.41, 5.74) is 0.705. The standard InChI is InChI=1S/C20H29F2N3O/c1-14(2)25-9-4-3-5-19(25)20(26)23-12-15-8-10-24(13-15)16-6-7-17(21)18(22)11-16/h6-7,11,14-15,19H,3-5,8-10,12-13H2,1-2H3,(H,23,26)/t15-,19-/m0/s1. The van der Waals surface area contributed by atoms with E-state index in [-0.39, 0.29) is 11.9 Å². The highest BCUT2D eigenvalue weighted by molar-refractivity contribution is 5.81. The van der Waals surface area contributed by atoms with Crippen molar-refractivity contribution in [3.63, 3.8) is 0 Å². The molecule has 2 aliphatic heterocycles. The number of hydrogen-bond donors (Lipinski definition) is 1. The number of nitrogens with one attached hydrogen (secondary N) is 1. The van der Waals surface area contributed by atoms with Crippen LogP contribution in [0.3, 0.4) is 0 Å². The zero-order valence-corrected chi connectivity index (χ0v) is 15.7. The number of amides is 1. The summed E-state index contributed by atoms with van der Waals surface area (Å²) in [5.74, 6) is -1.17. The number of hydrogen-bond acceptors (Lipinski definition) is 3. The van der Waals surface area contributed by atoms with Gasteiger partial charge in [-0.05, 0) is 57.7 Å². The zero-order valence-electron chi connectivity index (χ0n) is 15.7. The van der Waals surface area contributed by atoms with Crippen molar-refractivity contribution in [1.29, 1.82) is 0 Å². The molecular weight excluding hydrogens is 336 g/mol. The molecule has 0 unspecified atom stereocenters. The molecule has 1 amide bonds. The number of nitrogens with zero attached hydrogens (tertiary/aromatic N) is 2. The number of rotatable bonds is 5. The highest BCUT2D eigenvalue weighted by Crippen LogP contribution is 2.25. The first-order valence-corrected chi connectivity index (χ1v) is 9.69. The van der Waals surface area contributed by atoms with E-state index in [2.05, 4.69) is 29.0 Å². The molecule has 2 fully saturated rings. The van der Waals surface area contributed by atoms with Crippen LogP contribution in [0.4, 0.5) is 14.5 Å². The number of benzene rings is 1. The minimum atomic E-state index is -0.820. The van der Waals surface area contributed by atoms with Crippen LogP contribution in [0.25, 0.3) is 0 Å². The molecule has 2 atom stereocenters. The molecule has 2 aliphatic rings. The second-order valence-electron chi connectivity index (χ2n) is 7.79. The maximum Gasteiger partial charge on any atom is 0.237 e. The van der Waals surface area contributed by atoms with E-state index in [9.17, 15) is 13.6 Å². The third-order valence-corrected chi connectivity index (χ3v) is 5.63. The number of halogens is 2. The van der Waals surface area contributed by atoms with Crippen LogP contribution >= 0.6 is 0 Å². The van der Waals surface area contributed by atoms with Gasteiger partial charge >= 0.3 is 0 Å². The van der Waals surface area contributed by atoms with Gasteiger partial charge in [0.15, 0.2) is 11.6 Å². The Balaban J connectivity index is 1.51. The highest BCUT2D eigenvalue weighted by atomic mass is 19.2. The summed E-state index contributed by atoms with van der Waals surface area (Å²) >= 11 is 0. The molecule has 1 aromatic rings. The molecule has 1 aromatic carbocycles. The Morgan fingerprint density at radius 3 is 2.73 bits per heavy atom. The van der Waals surface area contributed by atoms with Crippen molar-refractivity contribution >= 4 is 11.6 Å². The molecule has 2 heterocycles. The molecule has 0 radical (unpaired) electrons. The van der Waals surface area contributed by atoms with Gasteiger partial charge in [-0.15, -0.1) is 0 Å². The minimum absolute atomic E-state index is 0.0209. The van der Waals surface area contributed by atoms with Crippen LogP contribution < -0.4 is 10.2 Å². The maximum absolute atomic E-state index is 13.4. The van der Waals surface area contributed by atoms with Crippen LogP contribution in [-0.4, -0.2) is 49.1 Å². The first-order chi connectivity index (χ1) is 12.5. The minimum Gasteiger partial charge on any atom is -0.371 e. The van der Waals surface area contributed by atoms with Crippen LogP contribution in [0, 0.1) is 17.6 Å². The monoisotopic (exact) mass is 365 g/mol. The zero-order chi connectivity index (χ0) is 18.7. The average Bonchev–Trinajstić information content (AvgIpc) is 3.11. The van der Waals surface area contributed by atoms with Crippen molar-refractivity contribution in [2.24, 2.45) is 5.92 Å². The summed E-state index contributed by atoms with van der Waals surface area (Å²) in [5, 5.41) is 3.13. The van der Waals surface area contributed by atoms with E-state index in [0.717, 1.165) is 45.3 Å². The maximum atomic E-state index is 13.4. The fourth-order valence-corrected chi connectivity index (χ4v) is 4.13. The van der Waals surface area contributed by atoms with Crippen molar-refractivity contribution < 1.29 is 13.6 Å². The first kappa shape index (κ1) is 19.1. The van der Waals surface area contributed by atoms with Gasteiger partial charge in [0.05, 0.1) is 6.04 Å². The van der Waals surface area contributed by atoms with Crippen molar-refractivity contribution in [1.82, 2.24) is 10.2 Å². The molecular formula is C20H29F2N3O. The summed E-state index contributed by atoms with van der Waals surface area (Å²) in [6.45, 7) is 7.46. The average molecular weight is 365 g/mol. The van der Waals surface area contributed by atoms with Crippen LogP contribution in [0.15, 0.2) is 18.2 Å². The van der Waals surface area contributed by atoms with Crippen LogP contribution in [0.1, 0.15) is 39.5 Å². The topological polar surface area (TPSA) is 35.6 Å². The third kappa shape index (κ3) is 4.34. The summed E-state index contributed by atoms with van der Waals surface area (Å²) in [6, 6.07) is 4.39. The molecule has 0 spiro atoms. The van der Waals surface area contributed by atoms with E-state index >= 15 is 0 Å². The Hall–Kier alpha value is -1.69. The quantitative estimate of drug-likeness (QED) is 0.871. The molecule has 4 nitrogen and oxygen atoms in total. The third-order valence-electron chi connectivity index (χ3n) is 5.63. The summed E-state index contributed by atoms with van der Waals surface area (Å²) in [7, 11) is 0. The summed E-state index contributed by atoms with van der Waals surface area (Å²) < 4.78 is 26.5. The van der Waals surface area contributed by atoms with E-state index in [1.165, 1.54) is 12.1 Å². The van der Waals surface area contributed by atoms with Crippen LogP contribution in [-0.2, 0) is 4.79 Å². The van der Waals surface area contributed by atoms with E-state index in [1.807, 2.05) is 0 Å². The number of carbonyl (C=O) groups is 1. The van der Waals surface area contributed by atoms with Gasteiger partial charge in [0, 0.05) is 37.4 Å². The smallest absolute Gasteiger partial charge is 0.237 e. The van der Waals surface area contributed by atoms with Crippen LogP contribution in [0.2, 0.25) is 0 Å². The van der Waals surface area contributed by atoms with Gasteiger partial charge in [-0.1, -0.05) is 6.42 Å². The fourth-order valence-electron chi connectivity index (χ4n) is 4.13. The largest absolute Gasteiger partial charge is 0.371 e. The normalized spacial score (nSPS) is 24.3. The second kappa shape index (κ2) is 8.33. The lowest BCUT2D eigenvalue weighted by atomic mass is 9.99. The molecule has 0 aliphatic carbocycles. The first-order valence-electron chi connectivity index (χ1n) is 9.69. The highest BCUT2D eigenvalue weighted by Gasteiger charge is 2.31. The molecule has 0 aromatic heterocycles. The lowest BCUT2D eigenvalue weighted by Gasteiger charge is -2.37. The van der Waals surface area contributed by atoms with Gasteiger partial charge in [0.25, 0.3) is 0 Å². The van der Waals surface area contributed by atoms with Gasteiger partial charge in [-0.2, -0.15) is 0 Å². The Labute approximate surface area is 154 Å². The van der Waals surface area contributed by atoms with Crippen molar-refractivity contribution in [2.75, 3.05) is 31.1 Å². The predicted molar refractivity (Wildman–Crippen MR) is 99.2 cm³/mol. The summed E-state index contributed by atoms with van der Waals surface area (Å²) in [4.78, 5) is 17.0. The molecule has 6 heteroatoms. The molecule has 144 valence electrons. The van der Waals surface area contributed by atoms with Crippen LogP contribution in [0.5, 0.6) is 0 Å². The van der Waals surface area contributed by atoms with Gasteiger partial charge in [0.1, 0.15) is 0 Å². The second-order valence-corrected chi connectivity index (χ2v) is 7.79. The lowest BCUT2D eigenvalue weighted by molar-refractivity contribution is -0.128. The molecule has 2 saturated heterocycles. The molecule has 3 rings (SSSR count).